The van der Waals surface area contributed by atoms with E-state index in [0.29, 0.717) is 12.5 Å². The average Bonchev–Trinajstić information content (AvgIpc) is 2.63. The largest absolute Gasteiger partial charge is 0.367 e. The fourth-order valence-electron chi connectivity index (χ4n) is 1.16. The van der Waals surface area contributed by atoms with Crippen molar-refractivity contribution in [3.8, 4) is 0 Å². The zero-order chi connectivity index (χ0) is 9.80. The van der Waals surface area contributed by atoms with Gasteiger partial charge in [-0.05, 0) is 34.5 Å². The zero-order valence-corrected chi connectivity index (χ0v) is 7.54. The molecule has 0 amide bonds. The fraction of sp³-hybridized carbons (Fsp3) is 0.250. The van der Waals surface area contributed by atoms with Crippen molar-refractivity contribution in [2.75, 3.05) is 5.73 Å². The molecule has 2 N–H and O–H groups in total. The quantitative estimate of drug-likeness (QED) is 0.730. The Labute approximate surface area is 80.8 Å². The predicted molar refractivity (Wildman–Crippen MR) is 50.2 cm³/mol. The molecule has 0 radical (unpaired) electrons. The summed E-state index contributed by atoms with van der Waals surface area (Å²) in [5, 5.41) is 10.8. The van der Waals surface area contributed by atoms with Crippen molar-refractivity contribution in [1.29, 1.82) is 0 Å². The number of nitrogens with zero attached hydrogens (tertiary/aromatic N) is 5. The summed E-state index contributed by atoms with van der Waals surface area (Å²) in [5.74, 6) is 0.346. The molecule has 0 saturated heterocycles. The minimum atomic E-state index is 0.346. The smallest absolute Gasteiger partial charge is 0.240 e. The van der Waals surface area contributed by atoms with Crippen LogP contribution in [0.1, 0.15) is 5.56 Å². The number of pyridine rings is 1. The molecule has 2 heterocycles. The highest BCUT2D eigenvalue weighted by Gasteiger charge is 2.00. The number of aryl methyl sites for hydroxylation is 2. The molecule has 2 aromatic heterocycles. The molecule has 0 aliphatic heterocycles. The van der Waals surface area contributed by atoms with E-state index in [0.717, 1.165) is 6.42 Å². The van der Waals surface area contributed by atoms with Crippen LogP contribution in [0.5, 0.6) is 0 Å². The van der Waals surface area contributed by atoms with Gasteiger partial charge in [-0.2, -0.15) is 0 Å². The first kappa shape index (κ1) is 8.61. The Kier molecular flexibility index (Phi) is 2.35. The highest BCUT2D eigenvalue weighted by Crippen LogP contribution is 2.00. The Balaban J connectivity index is 1.99. The molecule has 0 aromatic carbocycles. The normalized spacial score (nSPS) is 10.3. The molecular formula is C8H10N6. The van der Waals surface area contributed by atoms with Gasteiger partial charge in [-0.1, -0.05) is 5.10 Å². The van der Waals surface area contributed by atoms with Crippen molar-refractivity contribution < 1.29 is 0 Å². The van der Waals surface area contributed by atoms with E-state index in [9.17, 15) is 0 Å². The number of hydrogen-bond donors (Lipinski definition) is 1. The second-order valence-corrected chi connectivity index (χ2v) is 2.87. The van der Waals surface area contributed by atoms with Crippen molar-refractivity contribution in [3.05, 3.63) is 30.1 Å². The lowest BCUT2D eigenvalue weighted by Crippen LogP contribution is -2.07. The van der Waals surface area contributed by atoms with Crippen molar-refractivity contribution in [2.24, 2.45) is 0 Å². The van der Waals surface area contributed by atoms with E-state index < -0.39 is 0 Å². The highest BCUT2D eigenvalue weighted by molar-refractivity contribution is 5.12. The Hall–Kier alpha value is -1.98. The SMILES string of the molecule is Nc1nnnn1CCc1ccncc1. The first-order valence-corrected chi connectivity index (χ1v) is 4.27. The van der Waals surface area contributed by atoms with E-state index in [2.05, 4.69) is 20.5 Å². The minimum Gasteiger partial charge on any atom is -0.367 e. The molecule has 14 heavy (non-hydrogen) atoms. The summed E-state index contributed by atoms with van der Waals surface area (Å²) in [5.41, 5.74) is 6.71. The standard InChI is InChI=1S/C8H10N6/c9-8-11-12-13-14(8)6-3-7-1-4-10-5-2-7/h1-2,4-5H,3,6H2,(H2,9,11,13). The van der Waals surface area contributed by atoms with Crippen LogP contribution in [0, 0.1) is 0 Å². The monoisotopic (exact) mass is 190 g/mol. The van der Waals surface area contributed by atoms with Crippen LogP contribution in [0.15, 0.2) is 24.5 Å². The third-order valence-electron chi connectivity index (χ3n) is 1.92. The zero-order valence-electron chi connectivity index (χ0n) is 7.54. The summed E-state index contributed by atoms with van der Waals surface area (Å²) >= 11 is 0. The van der Waals surface area contributed by atoms with Crippen molar-refractivity contribution in [3.63, 3.8) is 0 Å². The Morgan fingerprint density at radius 3 is 2.71 bits per heavy atom. The van der Waals surface area contributed by atoms with Gasteiger partial charge in [0, 0.05) is 12.4 Å². The van der Waals surface area contributed by atoms with Gasteiger partial charge >= 0.3 is 0 Å². The molecule has 2 rings (SSSR count). The van der Waals surface area contributed by atoms with Gasteiger partial charge in [-0.3, -0.25) is 4.98 Å². The maximum absolute atomic E-state index is 5.52. The summed E-state index contributed by atoms with van der Waals surface area (Å²) in [6.07, 6.45) is 4.37. The second kappa shape index (κ2) is 3.82. The maximum atomic E-state index is 5.52. The first-order chi connectivity index (χ1) is 6.86. The first-order valence-electron chi connectivity index (χ1n) is 4.27. The summed E-state index contributed by atoms with van der Waals surface area (Å²) < 4.78 is 1.57. The van der Waals surface area contributed by atoms with Crippen LogP contribution in [0.25, 0.3) is 0 Å². The van der Waals surface area contributed by atoms with Crippen LogP contribution in [0.4, 0.5) is 5.95 Å². The topological polar surface area (TPSA) is 82.5 Å². The molecule has 72 valence electrons. The summed E-state index contributed by atoms with van der Waals surface area (Å²) in [6, 6.07) is 3.92. The molecule has 0 aliphatic carbocycles. The van der Waals surface area contributed by atoms with Gasteiger partial charge in [-0.15, -0.1) is 0 Å². The van der Waals surface area contributed by atoms with Crippen molar-refractivity contribution >= 4 is 5.95 Å². The number of anilines is 1. The third kappa shape index (κ3) is 1.85. The molecule has 0 saturated carbocycles. The highest BCUT2D eigenvalue weighted by atomic mass is 15.6. The van der Waals surface area contributed by atoms with Crippen LogP contribution in [-0.4, -0.2) is 25.2 Å². The van der Waals surface area contributed by atoms with E-state index in [1.807, 2.05) is 12.1 Å². The molecule has 0 bridgehead atoms. The van der Waals surface area contributed by atoms with Crippen molar-refractivity contribution in [1.82, 2.24) is 25.2 Å². The van der Waals surface area contributed by atoms with Gasteiger partial charge in [-0.25, -0.2) is 4.68 Å². The molecule has 0 fully saturated rings. The number of tetrazole rings is 1. The Morgan fingerprint density at radius 1 is 1.29 bits per heavy atom. The molecule has 6 heteroatoms. The molecule has 0 atom stereocenters. The lowest BCUT2D eigenvalue weighted by atomic mass is 10.2. The average molecular weight is 190 g/mol. The molecule has 6 nitrogen and oxygen atoms in total. The van der Waals surface area contributed by atoms with Crippen LogP contribution >= 0.6 is 0 Å². The lowest BCUT2D eigenvalue weighted by Gasteiger charge is -2.00. The molecule has 0 aliphatic rings. The number of rotatable bonds is 3. The molecule has 0 unspecified atom stereocenters. The van der Waals surface area contributed by atoms with Crippen molar-refractivity contribution in [2.45, 2.75) is 13.0 Å². The van der Waals surface area contributed by atoms with Gasteiger partial charge in [0.2, 0.25) is 5.95 Å². The number of aromatic nitrogens is 5. The fourth-order valence-corrected chi connectivity index (χ4v) is 1.16. The summed E-state index contributed by atoms with van der Waals surface area (Å²) in [6.45, 7) is 0.683. The summed E-state index contributed by atoms with van der Waals surface area (Å²) in [7, 11) is 0. The van der Waals surface area contributed by atoms with Gasteiger partial charge in [0.15, 0.2) is 0 Å². The number of nitrogen functional groups attached to an aromatic ring is 1. The van der Waals surface area contributed by atoms with E-state index in [-0.39, 0.29) is 0 Å². The Morgan fingerprint density at radius 2 is 2.07 bits per heavy atom. The lowest BCUT2D eigenvalue weighted by molar-refractivity contribution is 0.595. The maximum Gasteiger partial charge on any atom is 0.240 e. The predicted octanol–water partition coefficient (Wildman–Crippen LogP) is -0.107. The van der Waals surface area contributed by atoms with E-state index >= 15 is 0 Å². The van der Waals surface area contributed by atoms with E-state index in [4.69, 9.17) is 5.73 Å². The third-order valence-corrected chi connectivity index (χ3v) is 1.92. The number of nitrogens with two attached hydrogens (primary N) is 1. The van der Waals surface area contributed by atoms with Gasteiger partial charge in [0.1, 0.15) is 0 Å². The molecule has 2 aromatic rings. The van der Waals surface area contributed by atoms with Crippen LogP contribution in [0.2, 0.25) is 0 Å². The van der Waals surface area contributed by atoms with E-state index in [1.54, 1.807) is 17.1 Å². The van der Waals surface area contributed by atoms with Crippen LogP contribution < -0.4 is 5.73 Å². The van der Waals surface area contributed by atoms with Gasteiger partial charge in [0.05, 0.1) is 6.54 Å². The second-order valence-electron chi connectivity index (χ2n) is 2.87. The van der Waals surface area contributed by atoms with Gasteiger partial charge < -0.3 is 5.73 Å². The van der Waals surface area contributed by atoms with E-state index in [1.165, 1.54) is 5.56 Å². The van der Waals surface area contributed by atoms with Crippen LogP contribution in [0.3, 0.4) is 0 Å². The van der Waals surface area contributed by atoms with Crippen LogP contribution in [-0.2, 0) is 13.0 Å². The van der Waals surface area contributed by atoms with Gasteiger partial charge in [0.25, 0.3) is 0 Å². The minimum absolute atomic E-state index is 0.346. The summed E-state index contributed by atoms with van der Waals surface area (Å²) in [4.78, 5) is 3.94. The molecular weight excluding hydrogens is 180 g/mol. The number of hydrogen-bond acceptors (Lipinski definition) is 5. The Bertz CT molecular complexity index is 395. The molecule has 0 spiro atoms.